The van der Waals surface area contributed by atoms with Gasteiger partial charge in [0.15, 0.2) is 0 Å². The summed E-state index contributed by atoms with van der Waals surface area (Å²) in [6.07, 6.45) is 6.03. The number of likely N-dealkylation sites (tertiary alicyclic amines) is 1. The lowest BCUT2D eigenvalue weighted by atomic mass is 9.84. The Kier molecular flexibility index (Phi) is 6.08. The van der Waals surface area contributed by atoms with Gasteiger partial charge < -0.3 is 16.0 Å². The smallest absolute Gasteiger partial charge is 0.253 e. The molecule has 2 unspecified atom stereocenters. The number of hydrogen-bond acceptors (Lipinski definition) is 3. The van der Waals surface area contributed by atoms with Crippen LogP contribution < -0.4 is 11.1 Å². The summed E-state index contributed by atoms with van der Waals surface area (Å²) in [7, 11) is 0. The number of piperidine rings is 1. The van der Waals surface area contributed by atoms with E-state index in [1.165, 1.54) is 12.8 Å². The van der Waals surface area contributed by atoms with Crippen molar-refractivity contribution < 1.29 is 9.59 Å². The normalized spacial score (nSPS) is 24.8. The van der Waals surface area contributed by atoms with E-state index in [1.54, 1.807) is 0 Å². The maximum Gasteiger partial charge on any atom is 0.253 e. The van der Waals surface area contributed by atoms with Crippen molar-refractivity contribution >= 4 is 11.8 Å². The average molecular weight is 343 g/mol. The maximum atomic E-state index is 12.6. The minimum Gasteiger partial charge on any atom is -0.353 e. The molecule has 1 saturated heterocycles. The Morgan fingerprint density at radius 3 is 2.40 bits per heavy atom. The van der Waals surface area contributed by atoms with Crippen LogP contribution in [0.25, 0.3) is 0 Å². The molecule has 1 aliphatic carbocycles. The summed E-state index contributed by atoms with van der Waals surface area (Å²) in [5.41, 5.74) is 6.58. The van der Waals surface area contributed by atoms with Crippen LogP contribution in [-0.4, -0.2) is 42.4 Å². The molecule has 0 bridgehead atoms. The number of hydrogen-bond donors (Lipinski definition) is 2. The summed E-state index contributed by atoms with van der Waals surface area (Å²) in [5, 5.41) is 3.24. The third kappa shape index (κ3) is 4.40. The van der Waals surface area contributed by atoms with Crippen molar-refractivity contribution in [2.45, 2.75) is 44.6 Å². The second-order valence-electron chi connectivity index (χ2n) is 7.33. The highest BCUT2D eigenvalue weighted by Gasteiger charge is 2.31. The monoisotopic (exact) mass is 343 g/mol. The molecule has 2 aliphatic rings. The molecule has 3 rings (SSSR count). The van der Waals surface area contributed by atoms with Gasteiger partial charge in [0.25, 0.3) is 5.91 Å². The summed E-state index contributed by atoms with van der Waals surface area (Å²) in [6, 6.07) is 9.59. The molecule has 0 spiro atoms. The number of nitrogens with one attached hydrogen (secondary N) is 1. The molecule has 1 aromatic rings. The molecule has 136 valence electrons. The van der Waals surface area contributed by atoms with Gasteiger partial charge in [-0.05, 0) is 50.3 Å². The lowest BCUT2D eigenvalue weighted by Crippen LogP contribution is -2.49. The molecule has 0 radical (unpaired) electrons. The van der Waals surface area contributed by atoms with Crippen LogP contribution in [0, 0.1) is 11.8 Å². The molecule has 1 heterocycles. The molecule has 0 aromatic heterocycles. The maximum absolute atomic E-state index is 12.6. The molecule has 3 N–H and O–H groups in total. The summed E-state index contributed by atoms with van der Waals surface area (Å²) in [6.45, 7) is 1.95. The van der Waals surface area contributed by atoms with Gasteiger partial charge in [0.1, 0.15) is 0 Å². The summed E-state index contributed by atoms with van der Waals surface area (Å²) < 4.78 is 0. The Labute approximate surface area is 150 Å². The first-order valence-electron chi connectivity index (χ1n) is 9.54. The zero-order valence-corrected chi connectivity index (χ0v) is 14.8. The highest BCUT2D eigenvalue weighted by molar-refractivity contribution is 5.94. The first-order valence-corrected chi connectivity index (χ1v) is 9.54. The van der Waals surface area contributed by atoms with Crippen LogP contribution in [0.1, 0.15) is 48.9 Å². The minimum absolute atomic E-state index is 0.0141. The van der Waals surface area contributed by atoms with Gasteiger partial charge in [-0.1, -0.05) is 31.0 Å². The van der Waals surface area contributed by atoms with Gasteiger partial charge in [0.2, 0.25) is 5.91 Å². The van der Waals surface area contributed by atoms with E-state index < -0.39 is 0 Å². The molecular weight excluding hydrogens is 314 g/mol. The van der Waals surface area contributed by atoms with Gasteiger partial charge >= 0.3 is 0 Å². The van der Waals surface area contributed by atoms with Crippen LogP contribution in [-0.2, 0) is 4.79 Å². The topological polar surface area (TPSA) is 75.4 Å². The Morgan fingerprint density at radius 1 is 1.04 bits per heavy atom. The average Bonchev–Trinajstić information content (AvgIpc) is 2.68. The van der Waals surface area contributed by atoms with Crippen LogP contribution in [0.5, 0.6) is 0 Å². The lowest BCUT2D eigenvalue weighted by Gasteiger charge is -2.35. The van der Waals surface area contributed by atoms with Crippen molar-refractivity contribution in [3.63, 3.8) is 0 Å². The second kappa shape index (κ2) is 8.48. The van der Waals surface area contributed by atoms with E-state index in [2.05, 4.69) is 5.32 Å². The number of carbonyl (C=O) groups excluding carboxylic acids is 2. The molecular formula is C20H29N3O2. The second-order valence-corrected chi connectivity index (χ2v) is 7.33. The number of carbonyl (C=O) groups is 2. The van der Waals surface area contributed by atoms with Crippen molar-refractivity contribution in [1.82, 2.24) is 10.2 Å². The highest BCUT2D eigenvalue weighted by Crippen LogP contribution is 2.25. The Bertz CT molecular complexity index is 582. The van der Waals surface area contributed by atoms with Crippen molar-refractivity contribution in [2.24, 2.45) is 17.6 Å². The van der Waals surface area contributed by atoms with E-state index in [9.17, 15) is 9.59 Å². The van der Waals surface area contributed by atoms with E-state index >= 15 is 0 Å². The number of nitrogens with zero attached hydrogens (tertiary/aromatic N) is 1. The standard InChI is InChI=1S/C20H29N3O2/c21-14-17-8-4-5-9-18(17)22-19(24)15-10-12-23(13-11-15)20(25)16-6-2-1-3-7-16/h1-3,6-7,15,17-18H,4-5,8-14,21H2,(H,22,24). The van der Waals surface area contributed by atoms with Crippen LogP contribution >= 0.6 is 0 Å². The molecule has 1 aromatic carbocycles. The minimum atomic E-state index is 0.0141. The van der Waals surface area contributed by atoms with Crippen molar-refractivity contribution in [3.05, 3.63) is 35.9 Å². The van der Waals surface area contributed by atoms with Gasteiger partial charge in [-0.15, -0.1) is 0 Å². The summed E-state index contributed by atoms with van der Waals surface area (Å²) >= 11 is 0. The third-order valence-corrected chi connectivity index (χ3v) is 5.71. The fourth-order valence-electron chi connectivity index (χ4n) is 4.09. The number of nitrogens with two attached hydrogens (primary N) is 1. The summed E-state index contributed by atoms with van der Waals surface area (Å²) in [5.74, 6) is 0.643. The van der Waals surface area contributed by atoms with Gasteiger partial charge in [-0.3, -0.25) is 9.59 Å². The largest absolute Gasteiger partial charge is 0.353 e. The Morgan fingerprint density at radius 2 is 1.72 bits per heavy atom. The quantitative estimate of drug-likeness (QED) is 0.880. The zero-order valence-electron chi connectivity index (χ0n) is 14.8. The van der Waals surface area contributed by atoms with Gasteiger partial charge in [-0.25, -0.2) is 0 Å². The van der Waals surface area contributed by atoms with Crippen LogP contribution in [0.3, 0.4) is 0 Å². The molecule has 1 saturated carbocycles. The van der Waals surface area contributed by atoms with Crippen LogP contribution in [0.15, 0.2) is 30.3 Å². The van der Waals surface area contributed by atoms with Gasteiger partial charge in [-0.2, -0.15) is 0 Å². The fraction of sp³-hybridized carbons (Fsp3) is 0.600. The Balaban J connectivity index is 1.50. The fourth-order valence-corrected chi connectivity index (χ4v) is 4.09. The van der Waals surface area contributed by atoms with Gasteiger partial charge in [0, 0.05) is 30.6 Å². The summed E-state index contributed by atoms with van der Waals surface area (Å²) in [4.78, 5) is 27.0. The zero-order chi connectivity index (χ0) is 17.6. The van der Waals surface area contributed by atoms with Crippen molar-refractivity contribution in [1.29, 1.82) is 0 Å². The van der Waals surface area contributed by atoms with Crippen molar-refractivity contribution in [3.8, 4) is 0 Å². The molecule has 5 heteroatoms. The molecule has 5 nitrogen and oxygen atoms in total. The van der Waals surface area contributed by atoms with Crippen LogP contribution in [0.4, 0.5) is 0 Å². The van der Waals surface area contributed by atoms with Crippen LogP contribution in [0.2, 0.25) is 0 Å². The van der Waals surface area contributed by atoms with E-state index in [0.29, 0.717) is 25.6 Å². The van der Waals surface area contributed by atoms with E-state index in [1.807, 2.05) is 35.2 Å². The number of benzene rings is 1. The predicted octanol–water partition coefficient (Wildman–Crippen LogP) is 2.17. The molecule has 2 fully saturated rings. The van der Waals surface area contributed by atoms with Gasteiger partial charge in [0.05, 0.1) is 0 Å². The molecule has 2 amide bonds. The predicted molar refractivity (Wildman–Crippen MR) is 98.0 cm³/mol. The van der Waals surface area contributed by atoms with E-state index in [4.69, 9.17) is 5.73 Å². The number of rotatable bonds is 4. The highest BCUT2D eigenvalue weighted by atomic mass is 16.2. The van der Waals surface area contributed by atoms with E-state index in [-0.39, 0.29) is 23.8 Å². The lowest BCUT2D eigenvalue weighted by molar-refractivity contribution is -0.127. The molecule has 1 aliphatic heterocycles. The van der Waals surface area contributed by atoms with E-state index in [0.717, 1.165) is 31.2 Å². The Hall–Kier alpha value is -1.88. The SMILES string of the molecule is NCC1CCCCC1NC(=O)C1CCN(C(=O)c2ccccc2)CC1. The molecule has 25 heavy (non-hydrogen) atoms. The third-order valence-electron chi connectivity index (χ3n) is 5.71. The first-order chi connectivity index (χ1) is 12.2. The first kappa shape index (κ1) is 17.9. The molecule has 2 atom stereocenters. The number of amides is 2. The van der Waals surface area contributed by atoms with Crippen molar-refractivity contribution in [2.75, 3.05) is 19.6 Å².